The van der Waals surface area contributed by atoms with E-state index in [0.29, 0.717) is 18.0 Å². The molecule has 2 rings (SSSR count). The molecule has 4 nitrogen and oxygen atoms in total. The Kier molecular flexibility index (Phi) is 4.68. The van der Waals surface area contributed by atoms with E-state index >= 15 is 0 Å². The van der Waals surface area contributed by atoms with Crippen LogP contribution in [-0.2, 0) is 6.54 Å². The van der Waals surface area contributed by atoms with E-state index in [1.54, 1.807) is 10.9 Å². The standard InChI is InChI=1S/C15H21N3O/c1-3-12(4-2)16-9-10-18-11-17-14-8-6-5-7-13(14)15(18)19/h5-8,11-12,16H,3-4,9-10H2,1-2H3. The largest absolute Gasteiger partial charge is 0.312 e. The summed E-state index contributed by atoms with van der Waals surface area (Å²) in [7, 11) is 0. The minimum absolute atomic E-state index is 0.0388. The fourth-order valence-corrected chi connectivity index (χ4v) is 2.23. The van der Waals surface area contributed by atoms with Crippen molar-refractivity contribution in [2.75, 3.05) is 6.54 Å². The van der Waals surface area contributed by atoms with Crippen molar-refractivity contribution in [3.05, 3.63) is 40.9 Å². The zero-order valence-electron chi connectivity index (χ0n) is 11.6. The number of hydrogen-bond acceptors (Lipinski definition) is 3. The third-order valence-corrected chi connectivity index (χ3v) is 3.50. The van der Waals surface area contributed by atoms with E-state index in [9.17, 15) is 4.79 Å². The molecular formula is C15H21N3O. The molecule has 0 bridgehead atoms. The first-order chi connectivity index (χ1) is 9.26. The fraction of sp³-hybridized carbons (Fsp3) is 0.467. The SMILES string of the molecule is CCC(CC)NCCn1cnc2ccccc2c1=O. The van der Waals surface area contributed by atoms with Gasteiger partial charge in [-0.1, -0.05) is 26.0 Å². The molecular weight excluding hydrogens is 238 g/mol. The summed E-state index contributed by atoms with van der Waals surface area (Å²) in [5.74, 6) is 0. The molecule has 1 aromatic heterocycles. The number of aromatic nitrogens is 2. The highest BCUT2D eigenvalue weighted by Gasteiger charge is 2.04. The molecule has 0 saturated heterocycles. The van der Waals surface area contributed by atoms with Crippen LogP contribution in [0.4, 0.5) is 0 Å². The number of nitrogens with zero attached hydrogens (tertiary/aromatic N) is 2. The summed E-state index contributed by atoms with van der Waals surface area (Å²) in [5.41, 5.74) is 0.800. The summed E-state index contributed by atoms with van der Waals surface area (Å²) in [4.78, 5) is 16.6. The van der Waals surface area contributed by atoms with Crippen molar-refractivity contribution in [3.8, 4) is 0 Å². The van der Waals surface area contributed by atoms with Crippen LogP contribution in [0.3, 0.4) is 0 Å². The fourth-order valence-electron chi connectivity index (χ4n) is 2.23. The topological polar surface area (TPSA) is 46.9 Å². The number of nitrogens with one attached hydrogen (secondary N) is 1. The molecule has 0 radical (unpaired) electrons. The van der Waals surface area contributed by atoms with Crippen molar-refractivity contribution in [1.29, 1.82) is 0 Å². The van der Waals surface area contributed by atoms with Gasteiger partial charge in [0.1, 0.15) is 0 Å². The summed E-state index contributed by atoms with van der Waals surface area (Å²) in [5, 5.41) is 4.14. The van der Waals surface area contributed by atoms with E-state index in [1.165, 1.54) is 0 Å². The molecule has 102 valence electrons. The van der Waals surface area contributed by atoms with Gasteiger partial charge in [0.25, 0.3) is 5.56 Å². The molecule has 1 aromatic carbocycles. The molecule has 0 fully saturated rings. The Morgan fingerprint density at radius 2 is 2.00 bits per heavy atom. The van der Waals surface area contributed by atoms with Gasteiger partial charge in [0.05, 0.1) is 17.2 Å². The predicted molar refractivity (Wildman–Crippen MR) is 78.4 cm³/mol. The Hall–Kier alpha value is -1.68. The maximum absolute atomic E-state index is 12.2. The lowest BCUT2D eigenvalue weighted by molar-refractivity contribution is 0.462. The Bertz CT molecular complexity index is 587. The Morgan fingerprint density at radius 1 is 1.26 bits per heavy atom. The minimum Gasteiger partial charge on any atom is -0.312 e. The summed E-state index contributed by atoms with van der Waals surface area (Å²) in [6, 6.07) is 7.99. The van der Waals surface area contributed by atoms with E-state index in [-0.39, 0.29) is 5.56 Å². The van der Waals surface area contributed by atoms with Crippen LogP contribution in [-0.4, -0.2) is 22.1 Å². The summed E-state index contributed by atoms with van der Waals surface area (Å²) in [6.07, 6.45) is 3.86. The third kappa shape index (κ3) is 3.20. The van der Waals surface area contributed by atoms with Crippen LogP contribution in [0.2, 0.25) is 0 Å². The molecule has 0 unspecified atom stereocenters. The van der Waals surface area contributed by atoms with Crippen LogP contribution in [0.1, 0.15) is 26.7 Å². The van der Waals surface area contributed by atoms with Crippen molar-refractivity contribution in [2.24, 2.45) is 0 Å². The monoisotopic (exact) mass is 259 g/mol. The molecule has 4 heteroatoms. The van der Waals surface area contributed by atoms with Crippen molar-refractivity contribution < 1.29 is 0 Å². The van der Waals surface area contributed by atoms with E-state index in [2.05, 4.69) is 24.1 Å². The molecule has 19 heavy (non-hydrogen) atoms. The summed E-state index contributed by atoms with van der Waals surface area (Å²) < 4.78 is 1.68. The maximum atomic E-state index is 12.2. The molecule has 0 aliphatic heterocycles. The first-order valence-corrected chi connectivity index (χ1v) is 6.93. The Balaban J connectivity index is 2.09. The highest BCUT2D eigenvalue weighted by molar-refractivity contribution is 5.76. The molecule has 0 amide bonds. The molecule has 1 N–H and O–H groups in total. The average molecular weight is 259 g/mol. The van der Waals surface area contributed by atoms with Crippen LogP contribution < -0.4 is 10.9 Å². The van der Waals surface area contributed by atoms with Gasteiger partial charge >= 0.3 is 0 Å². The first-order valence-electron chi connectivity index (χ1n) is 6.93. The highest BCUT2D eigenvalue weighted by Crippen LogP contribution is 2.04. The van der Waals surface area contributed by atoms with Gasteiger partial charge in [-0.05, 0) is 25.0 Å². The van der Waals surface area contributed by atoms with Crippen LogP contribution in [0, 0.1) is 0 Å². The van der Waals surface area contributed by atoms with Gasteiger partial charge in [-0.2, -0.15) is 0 Å². The van der Waals surface area contributed by atoms with E-state index in [4.69, 9.17) is 0 Å². The van der Waals surface area contributed by atoms with Gasteiger partial charge in [-0.15, -0.1) is 0 Å². The lowest BCUT2D eigenvalue weighted by Crippen LogP contribution is -2.33. The lowest BCUT2D eigenvalue weighted by Gasteiger charge is -2.15. The van der Waals surface area contributed by atoms with E-state index in [1.807, 2.05) is 24.3 Å². The summed E-state index contributed by atoms with van der Waals surface area (Å²) >= 11 is 0. The molecule has 0 saturated carbocycles. The zero-order valence-corrected chi connectivity index (χ0v) is 11.6. The summed E-state index contributed by atoms with van der Waals surface area (Å²) in [6.45, 7) is 5.80. The van der Waals surface area contributed by atoms with Crippen molar-refractivity contribution >= 4 is 10.9 Å². The minimum atomic E-state index is 0.0388. The quantitative estimate of drug-likeness (QED) is 0.865. The maximum Gasteiger partial charge on any atom is 0.261 e. The van der Waals surface area contributed by atoms with Gasteiger partial charge in [-0.3, -0.25) is 9.36 Å². The van der Waals surface area contributed by atoms with Gasteiger partial charge in [0.15, 0.2) is 0 Å². The average Bonchev–Trinajstić information content (AvgIpc) is 2.46. The molecule has 0 spiro atoms. The Labute approximate surface area is 113 Å². The van der Waals surface area contributed by atoms with Crippen molar-refractivity contribution in [3.63, 3.8) is 0 Å². The number of para-hydroxylation sites is 1. The normalized spacial score (nSPS) is 11.3. The van der Waals surface area contributed by atoms with Crippen LogP contribution in [0.25, 0.3) is 10.9 Å². The Morgan fingerprint density at radius 3 is 2.74 bits per heavy atom. The van der Waals surface area contributed by atoms with Gasteiger partial charge in [-0.25, -0.2) is 4.98 Å². The second-order valence-electron chi connectivity index (χ2n) is 4.73. The smallest absolute Gasteiger partial charge is 0.261 e. The van der Waals surface area contributed by atoms with Crippen LogP contribution in [0.5, 0.6) is 0 Å². The van der Waals surface area contributed by atoms with Gasteiger partial charge < -0.3 is 5.32 Å². The van der Waals surface area contributed by atoms with Gasteiger partial charge in [0.2, 0.25) is 0 Å². The number of rotatable bonds is 6. The second kappa shape index (κ2) is 6.48. The van der Waals surface area contributed by atoms with Crippen LogP contribution >= 0.6 is 0 Å². The number of fused-ring (bicyclic) bond motifs is 1. The number of benzene rings is 1. The molecule has 0 atom stereocenters. The highest BCUT2D eigenvalue weighted by atomic mass is 16.1. The molecule has 0 aliphatic rings. The lowest BCUT2D eigenvalue weighted by atomic mass is 10.2. The molecule has 1 heterocycles. The molecule has 0 aliphatic carbocycles. The first kappa shape index (κ1) is 13.7. The van der Waals surface area contributed by atoms with Gasteiger partial charge in [0, 0.05) is 19.1 Å². The third-order valence-electron chi connectivity index (χ3n) is 3.50. The molecule has 2 aromatic rings. The second-order valence-corrected chi connectivity index (χ2v) is 4.73. The predicted octanol–water partition coefficient (Wildman–Crippen LogP) is 2.17. The van der Waals surface area contributed by atoms with Crippen molar-refractivity contribution in [1.82, 2.24) is 14.9 Å². The van der Waals surface area contributed by atoms with Crippen molar-refractivity contribution in [2.45, 2.75) is 39.3 Å². The zero-order chi connectivity index (χ0) is 13.7. The van der Waals surface area contributed by atoms with Crippen LogP contribution in [0.15, 0.2) is 35.4 Å². The van der Waals surface area contributed by atoms with E-state index in [0.717, 1.165) is 24.9 Å². The number of hydrogen-bond donors (Lipinski definition) is 1. The van der Waals surface area contributed by atoms with E-state index < -0.39 is 0 Å².